The molecule has 0 bridgehead atoms. The highest BCUT2D eigenvalue weighted by Crippen LogP contribution is 2.35. The molecule has 0 radical (unpaired) electrons. The molecule has 1 aliphatic heterocycles. The zero-order chi connectivity index (χ0) is 27.3. The molecule has 2 heterocycles. The number of fused-ring (bicyclic) bond motifs is 1. The molecule has 198 valence electrons. The standard InChI is InChI=1S/C24H29N5O8/c1-2-37-24(36)29-10-8-28(9-11-29)23(35)14(6-7-16(30)31)21-20(25)19(22(26)34)18-13(12-17(32)33)4-3-5-15(18)27-21/h3-5,14H,2,6-12,25H2,1H3,(H2,26,34)(H,30,31)(H,32,33). The van der Waals surface area contributed by atoms with Crippen molar-refractivity contribution in [2.45, 2.75) is 32.1 Å². The van der Waals surface area contributed by atoms with E-state index in [4.69, 9.17) is 16.2 Å². The third kappa shape index (κ3) is 6.05. The highest BCUT2D eigenvalue weighted by molar-refractivity contribution is 6.12. The van der Waals surface area contributed by atoms with Gasteiger partial charge in [-0.15, -0.1) is 0 Å². The van der Waals surface area contributed by atoms with Crippen LogP contribution in [0.1, 0.15) is 47.3 Å². The molecule has 0 aliphatic carbocycles. The Hall–Kier alpha value is -4.42. The van der Waals surface area contributed by atoms with Crippen molar-refractivity contribution in [2.24, 2.45) is 5.73 Å². The summed E-state index contributed by atoms with van der Waals surface area (Å²) in [6.07, 6.45) is -1.42. The molecule has 1 aliphatic rings. The molecule has 13 nitrogen and oxygen atoms in total. The fourth-order valence-corrected chi connectivity index (χ4v) is 4.44. The first-order valence-electron chi connectivity index (χ1n) is 11.7. The van der Waals surface area contributed by atoms with Crippen LogP contribution in [0.25, 0.3) is 10.9 Å². The summed E-state index contributed by atoms with van der Waals surface area (Å²) >= 11 is 0. The number of hydrogen-bond acceptors (Lipinski definition) is 8. The molecule has 1 atom stereocenters. The Labute approximate surface area is 212 Å². The van der Waals surface area contributed by atoms with Crippen LogP contribution in [0, 0.1) is 0 Å². The number of carboxylic acids is 2. The molecule has 2 aromatic rings. The minimum atomic E-state index is -1.14. The van der Waals surface area contributed by atoms with Crippen molar-refractivity contribution in [1.29, 1.82) is 0 Å². The van der Waals surface area contributed by atoms with E-state index in [2.05, 4.69) is 4.98 Å². The highest BCUT2D eigenvalue weighted by Gasteiger charge is 2.34. The van der Waals surface area contributed by atoms with E-state index >= 15 is 0 Å². The van der Waals surface area contributed by atoms with Crippen molar-refractivity contribution in [3.05, 3.63) is 35.0 Å². The first kappa shape index (κ1) is 27.2. The van der Waals surface area contributed by atoms with E-state index in [1.807, 2.05) is 0 Å². The molecule has 37 heavy (non-hydrogen) atoms. The minimum Gasteiger partial charge on any atom is -0.481 e. The van der Waals surface area contributed by atoms with Gasteiger partial charge >= 0.3 is 18.0 Å². The van der Waals surface area contributed by atoms with Crippen molar-refractivity contribution in [3.63, 3.8) is 0 Å². The average Bonchev–Trinajstić information content (AvgIpc) is 2.84. The number of nitrogens with zero attached hydrogens (tertiary/aromatic N) is 3. The molecule has 1 saturated heterocycles. The molecular weight excluding hydrogens is 486 g/mol. The van der Waals surface area contributed by atoms with Gasteiger partial charge in [-0.1, -0.05) is 12.1 Å². The lowest BCUT2D eigenvalue weighted by Gasteiger charge is -2.36. The number of aliphatic carboxylic acids is 2. The van der Waals surface area contributed by atoms with E-state index in [1.54, 1.807) is 13.0 Å². The molecule has 3 amide bonds. The number of ether oxygens (including phenoxy) is 1. The summed E-state index contributed by atoms with van der Waals surface area (Å²) in [6, 6.07) is 4.60. The summed E-state index contributed by atoms with van der Waals surface area (Å²) in [5.74, 6) is -4.78. The summed E-state index contributed by atoms with van der Waals surface area (Å²) in [6.45, 7) is 2.72. The molecule has 0 spiro atoms. The van der Waals surface area contributed by atoms with Crippen LogP contribution in [-0.2, 0) is 25.5 Å². The van der Waals surface area contributed by atoms with Crippen LogP contribution in [0.5, 0.6) is 0 Å². The SMILES string of the molecule is CCOC(=O)N1CCN(C(=O)C(CCC(=O)O)c2nc3cccc(CC(=O)O)c3c(C(N)=O)c2N)CC1. The zero-order valence-corrected chi connectivity index (χ0v) is 20.3. The lowest BCUT2D eigenvalue weighted by molar-refractivity contribution is -0.138. The Morgan fingerprint density at radius 3 is 2.27 bits per heavy atom. The Morgan fingerprint density at radius 1 is 1.05 bits per heavy atom. The third-order valence-electron chi connectivity index (χ3n) is 6.15. The van der Waals surface area contributed by atoms with E-state index in [9.17, 15) is 34.2 Å². The van der Waals surface area contributed by atoms with Gasteiger partial charge in [0.05, 0.1) is 41.4 Å². The van der Waals surface area contributed by atoms with Gasteiger partial charge in [-0.3, -0.25) is 19.2 Å². The maximum atomic E-state index is 13.6. The smallest absolute Gasteiger partial charge is 0.409 e. The molecule has 1 unspecified atom stereocenters. The molecule has 1 aromatic heterocycles. The fourth-order valence-electron chi connectivity index (χ4n) is 4.44. The maximum Gasteiger partial charge on any atom is 0.409 e. The predicted molar refractivity (Wildman–Crippen MR) is 131 cm³/mol. The number of piperazine rings is 1. The van der Waals surface area contributed by atoms with Crippen molar-refractivity contribution in [1.82, 2.24) is 14.8 Å². The lowest BCUT2D eigenvalue weighted by Crippen LogP contribution is -2.52. The Kier molecular flexibility index (Phi) is 8.48. The van der Waals surface area contributed by atoms with Crippen LogP contribution >= 0.6 is 0 Å². The largest absolute Gasteiger partial charge is 0.481 e. The van der Waals surface area contributed by atoms with E-state index in [0.29, 0.717) is 0 Å². The quantitative estimate of drug-likeness (QED) is 0.369. The number of primary amides is 1. The van der Waals surface area contributed by atoms with Gasteiger partial charge < -0.3 is 36.2 Å². The van der Waals surface area contributed by atoms with Crippen LogP contribution in [0.4, 0.5) is 10.5 Å². The van der Waals surface area contributed by atoms with E-state index in [1.165, 1.54) is 21.9 Å². The number of benzene rings is 1. The summed E-state index contributed by atoms with van der Waals surface area (Å²) in [7, 11) is 0. The first-order chi connectivity index (χ1) is 17.5. The summed E-state index contributed by atoms with van der Waals surface area (Å²) in [4.78, 5) is 68.3. The Bertz CT molecular complexity index is 1240. The average molecular weight is 516 g/mol. The number of aromatic nitrogens is 1. The molecular formula is C24H29N5O8. The molecule has 6 N–H and O–H groups in total. The normalized spacial score (nSPS) is 14.3. The van der Waals surface area contributed by atoms with Gasteiger partial charge in [-0.05, 0) is 25.0 Å². The number of nitrogen functional groups attached to an aromatic ring is 1. The predicted octanol–water partition coefficient (Wildman–Crippen LogP) is 0.792. The topological polar surface area (TPSA) is 206 Å². The van der Waals surface area contributed by atoms with Crippen LogP contribution in [0.15, 0.2) is 18.2 Å². The van der Waals surface area contributed by atoms with Crippen LogP contribution in [0.3, 0.4) is 0 Å². The number of nitrogens with two attached hydrogens (primary N) is 2. The molecule has 3 rings (SSSR count). The monoisotopic (exact) mass is 515 g/mol. The molecule has 1 aromatic carbocycles. The second-order valence-electron chi connectivity index (χ2n) is 8.53. The number of carboxylic acid groups (broad SMARTS) is 2. The van der Waals surface area contributed by atoms with Gasteiger partial charge in [0.1, 0.15) is 0 Å². The number of carbonyl (C=O) groups excluding carboxylic acids is 3. The van der Waals surface area contributed by atoms with Gasteiger partial charge in [0, 0.05) is 38.0 Å². The summed E-state index contributed by atoms with van der Waals surface area (Å²) < 4.78 is 5.00. The van der Waals surface area contributed by atoms with E-state index < -0.39 is 42.2 Å². The van der Waals surface area contributed by atoms with E-state index in [0.717, 1.165) is 0 Å². The van der Waals surface area contributed by atoms with Gasteiger partial charge in [-0.2, -0.15) is 0 Å². The van der Waals surface area contributed by atoms with Crippen LogP contribution in [0.2, 0.25) is 0 Å². The number of anilines is 1. The van der Waals surface area contributed by atoms with Crippen molar-refractivity contribution < 1.29 is 38.9 Å². The van der Waals surface area contributed by atoms with Crippen LogP contribution < -0.4 is 11.5 Å². The summed E-state index contributed by atoms with van der Waals surface area (Å²) in [5, 5.41) is 18.7. The van der Waals surface area contributed by atoms with Gasteiger partial charge in [0.25, 0.3) is 5.91 Å². The van der Waals surface area contributed by atoms with Gasteiger partial charge in [0.15, 0.2) is 0 Å². The molecule has 1 fully saturated rings. The number of hydrogen-bond donors (Lipinski definition) is 4. The molecule has 0 saturated carbocycles. The van der Waals surface area contributed by atoms with Gasteiger partial charge in [0.2, 0.25) is 5.91 Å². The second kappa shape index (κ2) is 11.5. The van der Waals surface area contributed by atoms with E-state index in [-0.39, 0.29) is 79.0 Å². The second-order valence-corrected chi connectivity index (χ2v) is 8.53. The first-order valence-corrected chi connectivity index (χ1v) is 11.7. The van der Waals surface area contributed by atoms with Crippen molar-refractivity contribution in [3.8, 4) is 0 Å². The number of pyridine rings is 1. The Morgan fingerprint density at radius 2 is 1.70 bits per heavy atom. The van der Waals surface area contributed by atoms with Crippen molar-refractivity contribution >= 4 is 46.4 Å². The van der Waals surface area contributed by atoms with Crippen LogP contribution in [-0.4, -0.2) is 87.6 Å². The fraction of sp³-hybridized carbons (Fsp3) is 0.417. The number of carbonyl (C=O) groups is 5. The summed E-state index contributed by atoms with van der Waals surface area (Å²) in [5.41, 5.74) is 12.0. The Balaban J connectivity index is 2.05. The maximum absolute atomic E-state index is 13.6. The third-order valence-corrected chi connectivity index (χ3v) is 6.15. The highest BCUT2D eigenvalue weighted by atomic mass is 16.6. The number of rotatable bonds is 9. The lowest BCUT2D eigenvalue weighted by atomic mass is 9.90. The molecule has 13 heteroatoms. The van der Waals surface area contributed by atoms with Crippen molar-refractivity contribution in [2.75, 3.05) is 38.5 Å². The zero-order valence-electron chi connectivity index (χ0n) is 20.3. The minimum absolute atomic E-state index is 0.00662. The number of amides is 3. The van der Waals surface area contributed by atoms with Gasteiger partial charge in [-0.25, -0.2) is 9.78 Å².